The van der Waals surface area contributed by atoms with Crippen LogP contribution in [-0.2, 0) is 14.6 Å². The van der Waals surface area contributed by atoms with Crippen LogP contribution in [0.15, 0.2) is 16.8 Å². The monoisotopic (exact) mass is 290 g/mol. The van der Waals surface area contributed by atoms with Crippen molar-refractivity contribution in [2.24, 2.45) is 5.73 Å². The lowest BCUT2D eigenvalue weighted by atomic mass is 10.1. The fourth-order valence-electron chi connectivity index (χ4n) is 1.40. The summed E-state index contributed by atoms with van der Waals surface area (Å²) in [5.41, 5.74) is 6.67. The topological polar surface area (TPSA) is 89.3 Å². The first-order valence-corrected chi connectivity index (χ1v) is 8.55. The fraction of sp³-hybridized carbons (Fsp3) is 0.545. The first kappa shape index (κ1) is 15.1. The Morgan fingerprint density at radius 2 is 2.22 bits per heavy atom. The Morgan fingerprint density at radius 1 is 1.56 bits per heavy atom. The number of rotatable bonds is 6. The van der Waals surface area contributed by atoms with Gasteiger partial charge in [-0.25, -0.2) is 8.42 Å². The summed E-state index contributed by atoms with van der Waals surface area (Å²) in [4.78, 5) is 11.7. The number of nitrogens with one attached hydrogen (secondary N) is 1. The lowest BCUT2D eigenvalue weighted by Gasteiger charge is -2.16. The smallest absolute Gasteiger partial charge is 0.237 e. The third-order valence-corrected chi connectivity index (χ3v) is 4.22. The number of sulfone groups is 1. The van der Waals surface area contributed by atoms with E-state index in [1.807, 2.05) is 23.8 Å². The van der Waals surface area contributed by atoms with Crippen LogP contribution in [0.3, 0.4) is 0 Å². The minimum atomic E-state index is -3.08. The molecule has 0 fully saturated rings. The van der Waals surface area contributed by atoms with Crippen molar-refractivity contribution in [3.63, 3.8) is 0 Å². The van der Waals surface area contributed by atoms with Gasteiger partial charge in [0.05, 0.1) is 17.8 Å². The van der Waals surface area contributed by atoms with Crippen molar-refractivity contribution in [3.05, 3.63) is 22.4 Å². The van der Waals surface area contributed by atoms with Crippen LogP contribution in [0.4, 0.5) is 0 Å². The molecule has 1 rings (SSSR count). The predicted octanol–water partition coefficient (Wildman–Crippen LogP) is 0.687. The summed E-state index contributed by atoms with van der Waals surface area (Å²) in [6, 6.07) is 1.02. The van der Waals surface area contributed by atoms with Crippen LogP contribution in [0.25, 0.3) is 0 Å². The number of carbonyl (C=O) groups is 1. The Kier molecular flexibility index (Phi) is 5.30. The average Bonchev–Trinajstić information content (AvgIpc) is 2.77. The first-order chi connectivity index (χ1) is 8.29. The standard InChI is InChI=1S/C11H18N2O3S2/c1-8(9-3-5-17-7-9)13-11(14)10(12)4-6-18(2,15)16/h3,5,7-8,10H,4,6,12H2,1-2H3,(H,13,14). The van der Waals surface area contributed by atoms with Gasteiger partial charge >= 0.3 is 0 Å². The largest absolute Gasteiger partial charge is 0.348 e. The predicted molar refractivity (Wildman–Crippen MR) is 73.2 cm³/mol. The zero-order valence-corrected chi connectivity index (χ0v) is 12.1. The summed E-state index contributed by atoms with van der Waals surface area (Å²) >= 11 is 1.56. The van der Waals surface area contributed by atoms with Crippen LogP contribution >= 0.6 is 11.3 Å². The molecular weight excluding hydrogens is 272 g/mol. The molecule has 0 aliphatic heterocycles. The van der Waals surface area contributed by atoms with Crippen LogP contribution < -0.4 is 11.1 Å². The van der Waals surface area contributed by atoms with Crippen molar-refractivity contribution < 1.29 is 13.2 Å². The maximum atomic E-state index is 11.7. The lowest BCUT2D eigenvalue weighted by Crippen LogP contribution is -2.42. The molecule has 0 saturated carbocycles. The van der Waals surface area contributed by atoms with Crippen molar-refractivity contribution >= 4 is 27.1 Å². The van der Waals surface area contributed by atoms with Gasteiger partial charge in [-0.05, 0) is 35.7 Å². The van der Waals surface area contributed by atoms with Crippen molar-refractivity contribution in [1.82, 2.24) is 5.32 Å². The Hall–Kier alpha value is -0.920. The molecule has 1 aromatic rings. The van der Waals surface area contributed by atoms with Gasteiger partial charge in [0.2, 0.25) is 5.91 Å². The molecule has 1 heterocycles. The highest BCUT2D eigenvalue weighted by molar-refractivity contribution is 7.90. The van der Waals surface area contributed by atoms with Crippen molar-refractivity contribution in [2.45, 2.75) is 25.4 Å². The maximum Gasteiger partial charge on any atom is 0.237 e. The molecule has 18 heavy (non-hydrogen) atoms. The molecule has 0 spiro atoms. The highest BCUT2D eigenvalue weighted by Gasteiger charge is 2.18. The second-order valence-electron chi connectivity index (χ2n) is 4.31. The van der Waals surface area contributed by atoms with E-state index < -0.39 is 15.9 Å². The van der Waals surface area contributed by atoms with Crippen LogP contribution in [0.1, 0.15) is 24.9 Å². The number of hydrogen-bond acceptors (Lipinski definition) is 5. The number of hydrogen-bond donors (Lipinski definition) is 2. The number of amides is 1. The van der Waals surface area contributed by atoms with Gasteiger partial charge in [-0.3, -0.25) is 4.79 Å². The quantitative estimate of drug-likeness (QED) is 0.806. The van der Waals surface area contributed by atoms with Crippen LogP contribution in [0.2, 0.25) is 0 Å². The van der Waals surface area contributed by atoms with Gasteiger partial charge in [0.25, 0.3) is 0 Å². The molecule has 2 unspecified atom stereocenters. The molecule has 0 saturated heterocycles. The second kappa shape index (κ2) is 6.31. The van der Waals surface area contributed by atoms with E-state index in [4.69, 9.17) is 5.73 Å². The van der Waals surface area contributed by atoms with Gasteiger partial charge in [0.1, 0.15) is 9.84 Å². The van der Waals surface area contributed by atoms with Crippen molar-refractivity contribution in [2.75, 3.05) is 12.0 Å². The van der Waals surface area contributed by atoms with E-state index in [0.29, 0.717) is 0 Å². The zero-order valence-electron chi connectivity index (χ0n) is 10.4. The molecule has 1 amide bonds. The van der Waals surface area contributed by atoms with Crippen molar-refractivity contribution in [3.8, 4) is 0 Å². The van der Waals surface area contributed by atoms with E-state index in [0.717, 1.165) is 11.8 Å². The van der Waals surface area contributed by atoms with Gasteiger partial charge in [0, 0.05) is 6.26 Å². The maximum absolute atomic E-state index is 11.7. The van der Waals surface area contributed by atoms with E-state index in [9.17, 15) is 13.2 Å². The van der Waals surface area contributed by atoms with Crippen LogP contribution in [-0.4, -0.2) is 32.4 Å². The van der Waals surface area contributed by atoms with E-state index >= 15 is 0 Å². The van der Waals surface area contributed by atoms with E-state index in [1.54, 1.807) is 11.3 Å². The summed E-state index contributed by atoms with van der Waals surface area (Å²) in [5.74, 6) is -0.397. The molecule has 0 aliphatic carbocycles. The van der Waals surface area contributed by atoms with Gasteiger partial charge in [-0.2, -0.15) is 11.3 Å². The molecule has 0 bridgehead atoms. The van der Waals surface area contributed by atoms with Gasteiger partial charge in [-0.15, -0.1) is 0 Å². The number of carbonyl (C=O) groups excluding carboxylic acids is 1. The average molecular weight is 290 g/mol. The number of nitrogens with two attached hydrogens (primary N) is 1. The normalized spacial score (nSPS) is 15.1. The zero-order chi connectivity index (χ0) is 13.8. The minimum Gasteiger partial charge on any atom is -0.348 e. The molecule has 5 nitrogen and oxygen atoms in total. The molecular formula is C11H18N2O3S2. The first-order valence-electron chi connectivity index (χ1n) is 5.55. The number of thiophene rings is 1. The molecule has 2 atom stereocenters. The summed E-state index contributed by atoms with van der Waals surface area (Å²) in [7, 11) is -3.08. The highest BCUT2D eigenvalue weighted by Crippen LogP contribution is 2.15. The Balaban J connectivity index is 2.45. The molecule has 0 radical (unpaired) electrons. The van der Waals surface area contributed by atoms with E-state index in [2.05, 4.69) is 5.32 Å². The highest BCUT2D eigenvalue weighted by atomic mass is 32.2. The SMILES string of the molecule is CC(NC(=O)C(N)CCS(C)(=O)=O)c1ccsc1. The summed E-state index contributed by atoms with van der Waals surface area (Å²) in [5, 5.41) is 6.65. The summed E-state index contributed by atoms with van der Waals surface area (Å²) < 4.78 is 22.0. The van der Waals surface area contributed by atoms with Gasteiger partial charge < -0.3 is 11.1 Å². The third-order valence-electron chi connectivity index (χ3n) is 2.54. The lowest BCUT2D eigenvalue weighted by molar-refractivity contribution is -0.123. The Bertz CT molecular complexity index is 482. The molecule has 0 aromatic carbocycles. The minimum absolute atomic E-state index is 0.0750. The van der Waals surface area contributed by atoms with Crippen LogP contribution in [0.5, 0.6) is 0 Å². The van der Waals surface area contributed by atoms with Gasteiger partial charge in [0.15, 0.2) is 0 Å². The molecule has 1 aromatic heterocycles. The summed E-state index contributed by atoms with van der Waals surface area (Å²) in [6.07, 6.45) is 1.27. The third kappa shape index (κ3) is 5.16. The Morgan fingerprint density at radius 3 is 2.72 bits per heavy atom. The van der Waals surface area contributed by atoms with Crippen LogP contribution in [0, 0.1) is 0 Å². The fourth-order valence-corrected chi connectivity index (χ4v) is 2.83. The van der Waals surface area contributed by atoms with E-state index in [-0.39, 0.29) is 24.1 Å². The summed E-state index contributed by atoms with van der Waals surface area (Å²) in [6.45, 7) is 1.86. The Labute approximate surface area is 111 Å². The van der Waals surface area contributed by atoms with Gasteiger partial charge in [-0.1, -0.05) is 0 Å². The van der Waals surface area contributed by atoms with E-state index in [1.165, 1.54) is 0 Å². The second-order valence-corrected chi connectivity index (χ2v) is 7.35. The molecule has 0 aliphatic rings. The molecule has 3 N–H and O–H groups in total. The molecule has 102 valence electrons. The van der Waals surface area contributed by atoms with Crippen molar-refractivity contribution in [1.29, 1.82) is 0 Å². The molecule has 7 heteroatoms.